The van der Waals surface area contributed by atoms with E-state index in [4.69, 9.17) is 8.83 Å². The third-order valence-corrected chi connectivity index (χ3v) is 6.59. The minimum absolute atomic E-state index is 0.228. The van der Waals surface area contributed by atoms with Crippen molar-refractivity contribution in [3.8, 4) is 11.5 Å². The summed E-state index contributed by atoms with van der Waals surface area (Å²) in [6.07, 6.45) is 0. The molecule has 5 aromatic rings. The number of furan rings is 1. The highest BCUT2D eigenvalue weighted by molar-refractivity contribution is 7.99. The van der Waals surface area contributed by atoms with Crippen LogP contribution < -0.4 is 5.32 Å². The summed E-state index contributed by atoms with van der Waals surface area (Å²) in [4.78, 5) is 22.1. The average molecular weight is 486 g/mol. The van der Waals surface area contributed by atoms with Crippen LogP contribution in [0.5, 0.6) is 0 Å². The number of aryl methyl sites for hydroxylation is 3. The monoisotopic (exact) mass is 485 g/mol. The van der Waals surface area contributed by atoms with Gasteiger partial charge >= 0.3 is 0 Å². The summed E-state index contributed by atoms with van der Waals surface area (Å²) in [5, 5.41) is 12.2. The fraction of sp³-hybridized carbons (Fsp3) is 0.192. The summed E-state index contributed by atoms with van der Waals surface area (Å²) in [5.41, 5.74) is 3.85. The third-order valence-electron chi connectivity index (χ3n) is 5.65. The molecule has 0 aliphatic heterocycles. The van der Waals surface area contributed by atoms with Gasteiger partial charge in [-0.3, -0.25) is 4.79 Å². The molecule has 5 rings (SSSR count). The maximum atomic E-state index is 12.8. The van der Waals surface area contributed by atoms with Gasteiger partial charge in [0.05, 0.1) is 10.6 Å². The number of carbonyl (C=O) groups excluding carboxylic acids is 1. The predicted octanol–water partition coefficient (Wildman–Crippen LogP) is 6.30. The number of thioether (sulfide) groups is 1. The second-order valence-electron chi connectivity index (χ2n) is 8.21. The van der Waals surface area contributed by atoms with Gasteiger partial charge in [0.2, 0.25) is 17.5 Å². The van der Waals surface area contributed by atoms with E-state index in [0.717, 1.165) is 22.5 Å². The molecule has 1 amide bonds. The summed E-state index contributed by atoms with van der Waals surface area (Å²) in [6.45, 7) is 7.74. The van der Waals surface area contributed by atoms with Gasteiger partial charge in [0, 0.05) is 16.7 Å². The standard InChI is InChI=1S/C26H23N5O3S/c1-14-10-12-19(13-11-14)24-31-30-23(34-24)17(4)35-26-28-21(20-15(2)16(3)33-25(20)29-26)27-22(32)18-8-6-5-7-9-18/h5-13,17H,1-4H3,(H,27,28,29,32). The van der Waals surface area contributed by atoms with Crippen LogP contribution in [0.3, 0.4) is 0 Å². The van der Waals surface area contributed by atoms with Crippen LogP contribution in [0.25, 0.3) is 22.6 Å². The Labute approximate surface area is 206 Å². The van der Waals surface area contributed by atoms with Gasteiger partial charge in [0.15, 0.2) is 5.16 Å². The molecule has 35 heavy (non-hydrogen) atoms. The van der Waals surface area contributed by atoms with Crippen LogP contribution in [0.1, 0.15) is 45.3 Å². The Bertz CT molecular complexity index is 1510. The highest BCUT2D eigenvalue weighted by Crippen LogP contribution is 2.37. The molecule has 0 spiro atoms. The highest BCUT2D eigenvalue weighted by atomic mass is 32.2. The highest BCUT2D eigenvalue weighted by Gasteiger charge is 2.22. The molecule has 9 heteroatoms. The number of rotatable bonds is 6. The Morgan fingerprint density at radius 3 is 2.43 bits per heavy atom. The lowest BCUT2D eigenvalue weighted by Crippen LogP contribution is -2.14. The number of hydrogen-bond donors (Lipinski definition) is 1. The van der Waals surface area contributed by atoms with Crippen molar-refractivity contribution in [3.63, 3.8) is 0 Å². The summed E-state index contributed by atoms with van der Waals surface area (Å²) in [7, 11) is 0. The van der Waals surface area contributed by atoms with Crippen molar-refractivity contribution in [2.45, 2.75) is 38.1 Å². The molecule has 3 aromatic heterocycles. The van der Waals surface area contributed by atoms with Crippen LogP contribution in [-0.4, -0.2) is 26.1 Å². The van der Waals surface area contributed by atoms with Gasteiger partial charge in [-0.05, 0) is 52.0 Å². The zero-order valence-electron chi connectivity index (χ0n) is 19.7. The van der Waals surface area contributed by atoms with Crippen molar-refractivity contribution in [2.75, 3.05) is 5.32 Å². The van der Waals surface area contributed by atoms with E-state index in [1.54, 1.807) is 12.1 Å². The van der Waals surface area contributed by atoms with E-state index in [9.17, 15) is 4.79 Å². The van der Waals surface area contributed by atoms with E-state index in [1.807, 2.05) is 70.2 Å². The summed E-state index contributed by atoms with van der Waals surface area (Å²) in [5.74, 6) is 1.78. The molecule has 0 saturated carbocycles. The predicted molar refractivity (Wildman–Crippen MR) is 134 cm³/mol. The smallest absolute Gasteiger partial charge is 0.256 e. The number of amides is 1. The molecule has 1 N–H and O–H groups in total. The Hall–Kier alpha value is -3.98. The quantitative estimate of drug-likeness (QED) is 0.220. The molecule has 176 valence electrons. The van der Waals surface area contributed by atoms with Gasteiger partial charge in [-0.15, -0.1) is 10.2 Å². The molecule has 0 radical (unpaired) electrons. The van der Waals surface area contributed by atoms with Gasteiger partial charge in [0.1, 0.15) is 11.6 Å². The molecule has 0 saturated heterocycles. The molecular weight excluding hydrogens is 462 g/mol. The summed E-state index contributed by atoms with van der Waals surface area (Å²) >= 11 is 1.34. The lowest BCUT2D eigenvalue weighted by molar-refractivity contribution is 0.102. The second kappa shape index (κ2) is 9.34. The first kappa shape index (κ1) is 22.8. The summed E-state index contributed by atoms with van der Waals surface area (Å²) in [6, 6.07) is 16.9. The van der Waals surface area contributed by atoms with E-state index >= 15 is 0 Å². The Kier molecular flexibility index (Phi) is 6.08. The number of anilines is 1. The zero-order valence-corrected chi connectivity index (χ0v) is 20.5. The maximum Gasteiger partial charge on any atom is 0.256 e. The fourth-order valence-electron chi connectivity index (χ4n) is 3.56. The number of aromatic nitrogens is 4. The van der Waals surface area contributed by atoms with Gasteiger partial charge < -0.3 is 14.2 Å². The minimum Gasteiger partial charge on any atom is -0.443 e. The minimum atomic E-state index is -0.257. The van der Waals surface area contributed by atoms with Crippen LogP contribution in [0, 0.1) is 20.8 Å². The molecule has 8 nitrogen and oxygen atoms in total. The molecule has 0 aliphatic rings. The van der Waals surface area contributed by atoms with E-state index in [-0.39, 0.29) is 11.2 Å². The molecule has 3 heterocycles. The Morgan fingerprint density at radius 1 is 0.943 bits per heavy atom. The molecule has 1 unspecified atom stereocenters. The largest absolute Gasteiger partial charge is 0.443 e. The number of nitrogens with one attached hydrogen (secondary N) is 1. The Balaban J connectivity index is 1.43. The first-order chi connectivity index (χ1) is 16.9. The maximum absolute atomic E-state index is 12.8. The van der Waals surface area contributed by atoms with Crippen molar-refractivity contribution in [3.05, 3.63) is 82.9 Å². The van der Waals surface area contributed by atoms with E-state index in [0.29, 0.717) is 39.4 Å². The van der Waals surface area contributed by atoms with E-state index in [1.165, 1.54) is 11.8 Å². The van der Waals surface area contributed by atoms with Crippen molar-refractivity contribution in [2.24, 2.45) is 0 Å². The van der Waals surface area contributed by atoms with Crippen LogP contribution in [0.2, 0.25) is 0 Å². The molecule has 0 fully saturated rings. The Morgan fingerprint density at radius 2 is 1.69 bits per heavy atom. The summed E-state index contributed by atoms with van der Waals surface area (Å²) < 4.78 is 11.8. The molecule has 0 aliphatic carbocycles. The normalized spacial score (nSPS) is 12.1. The number of fused-ring (bicyclic) bond motifs is 1. The van der Waals surface area contributed by atoms with Crippen molar-refractivity contribution < 1.29 is 13.6 Å². The third kappa shape index (κ3) is 4.67. The fourth-order valence-corrected chi connectivity index (χ4v) is 4.35. The SMILES string of the molecule is Cc1ccc(-c2nnc(C(C)Sc3nc(NC(=O)c4ccccc4)c4c(C)c(C)oc4n3)o2)cc1. The van der Waals surface area contributed by atoms with E-state index in [2.05, 4.69) is 25.5 Å². The average Bonchev–Trinajstić information content (AvgIpc) is 3.45. The lowest BCUT2D eigenvalue weighted by atomic mass is 10.1. The topological polar surface area (TPSA) is 107 Å². The van der Waals surface area contributed by atoms with Crippen LogP contribution in [0.4, 0.5) is 5.82 Å². The first-order valence-electron chi connectivity index (χ1n) is 11.1. The molecule has 2 aromatic carbocycles. The molecule has 1 atom stereocenters. The van der Waals surface area contributed by atoms with Gasteiger partial charge in [-0.2, -0.15) is 4.98 Å². The van der Waals surface area contributed by atoms with Gasteiger partial charge in [0.25, 0.3) is 5.91 Å². The number of nitrogens with zero attached hydrogens (tertiary/aromatic N) is 4. The second-order valence-corrected chi connectivity index (χ2v) is 9.52. The van der Waals surface area contributed by atoms with Crippen molar-refractivity contribution >= 4 is 34.6 Å². The van der Waals surface area contributed by atoms with E-state index < -0.39 is 0 Å². The van der Waals surface area contributed by atoms with Gasteiger partial charge in [-0.1, -0.05) is 47.7 Å². The number of hydrogen-bond acceptors (Lipinski definition) is 8. The zero-order chi connectivity index (χ0) is 24.5. The molecular formula is C26H23N5O3S. The van der Waals surface area contributed by atoms with Crippen LogP contribution >= 0.6 is 11.8 Å². The van der Waals surface area contributed by atoms with Crippen LogP contribution in [-0.2, 0) is 0 Å². The number of benzene rings is 2. The lowest BCUT2D eigenvalue weighted by Gasteiger charge is -2.09. The van der Waals surface area contributed by atoms with Crippen molar-refractivity contribution in [1.29, 1.82) is 0 Å². The molecule has 0 bridgehead atoms. The number of carbonyl (C=O) groups is 1. The van der Waals surface area contributed by atoms with Gasteiger partial charge in [-0.25, -0.2) is 4.98 Å². The van der Waals surface area contributed by atoms with Crippen molar-refractivity contribution in [1.82, 2.24) is 20.2 Å². The first-order valence-corrected chi connectivity index (χ1v) is 12.0. The van der Waals surface area contributed by atoms with Crippen LogP contribution in [0.15, 0.2) is 68.6 Å².